The van der Waals surface area contributed by atoms with Gasteiger partial charge in [-0.15, -0.1) is 10.2 Å². The van der Waals surface area contributed by atoms with Gasteiger partial charge in [0, 0.05) is 10.7 Å². The van der Waals surface area contributed by atoms with Crippen molar-refractivity contribution < 1.29 is 13.9 Å². The summed E-state index contributed by atoms with van der Waals surface area (Å²) in [4.78, 5) is 12.0. The number of amides is 1. The summed E-state index contributed by atoms with van der Waals surface area (Å²) in [6.45, 7) is 4.15. The number of hydrogen-bond acceptors (Lipinski definition) is 6. The summed E-state index contributed by atoms with van der Waals surface area (Å²) < 4.78 is 11.2. The quantitative estimate of drug-likeness (QED) is 0.578. The molecule has 0 fully saturated rings. The lowest BCUT2D eigenvalue weighted by molar-refractivity contribution is -0.113. The van der Waals surface area contributed by atoms with Crippen LogP contribution in [-0.4, -0.2) is 21.9 Å². The molecule has 0 saturated carbocycles. The van der Waals surface area contributed by atoms with Gasteiger partial charge in [-0.2, -0.15) is 0 Å². The molecule has 1 N–H and O–H groups in total. The van der Waals surface area contributed by atoms with Crippen molar-refractivity contribution in [2.75, 3.05) is 11.1 Å². The molecule has 0 unspecified atom stereocenters. The van der Waals surface area contributed by atoms with Gasteiger partial charge in [0.05, 0.1) is 5.75 Å². The molecule has 0 bridgehead atoms. The number of thioether (sulfide) groups is 1. The predicted molar refractivity (Wildman–Crippen MR) is 105 cm³/mol. The van der Waals surface area contributed by atoms with Crippen LogP contribution in [-0.2, 0) is 11.4 Å². The number of rotatable bonds is 7. The maximum Gasteiger partial charge on any atom is 0.277 e. The standard InChI is InChI=1S/C19H18ClN3O3S/c1-12-3-4-13(2)16(9-12)25-10-18-22-23-19(26-18)27-11-17(24)21-15-7-5-14(20)6-8-15/h3-9H,10-11H2,1-2H3,(H,21,24). The highest BCUT2D eigenvalue weighted by Crippen LogP contribution is 2.22. The van der Waals surface area contributed by atoms with E-state index in [1.54, 1.807) is 24.3 Å². The average molecular weight is 404 g/mol. The van der Waals surface area contributed by atoms with Crippen molar-refractivity contribution in [3.8, 4) is 5.75 Å². The van der Waals surface area contributed by atoms with Crippen LogP contribution in [0, 0.1) is 13.8 Å². The fourth-order valence-electron chi connectivity index (χ4n) is 2.21. The third kappa shape index (κ3) is 5.74. The van der Waals surface area contributed by atoms with E-state index in [1.165, 1.54) is 11.8 Å². The summed E-state index contributed by atoms with van der Waals surface area (Å²) in [5.41, 5.74) is 2.83. The number of halogens is 1. The first kappa shape index (κ1) is 19.3. The number of carbonyl (C=O) groups excluding carboxylic acids is 1. The van der Waals surface area contributed by atoms with Gasteiger partial charge in [-0.25, -0.2) is 0 Å². The fraction of sp³-hybridized carbons (Fsp3) is 0.211. The lowest BCUT2D eigenvalue weighted by Gasteiger charge is -2.07. The highest BCUT2D eigenvalue weighted by Gasteiger charge is 2.11. The maximum atomic E-state index is 12.0. The van der Waals surface area contributed by atoms with Crippen LogP contribution in [0.15, 0.2) is 52.1 Å². The highest BCUT2D eigenvalue weighted by atomic mass is 35.5. The Morgan fingerprint density at radius 1 is 1.19 bits per heavy atom. The second-order valence-corrected chi connectivity index (χ2v) is 7.23. The summed E-state index contributed by atoms with van der Waals surface area (Å²) in [5.74, 6) is 1.12. The lowest BCUT2D eigenvalue weighted by atomic mass is 10.1. The van der Waals surface area contributed by atoms with Crippen LogP contribution in [0.5, 0.6) is 5.75 Å². The smallest absolute Gasteiger partial charge is 0.277 e. The zero-order chi connectivity index (χ0) is 19.2. The molecule has 1 aromatic heterocycles. The van der Waals surface area contributed by atoms with Crippen molar-refractivity contribution in [2.24, 2.45) is 0 Å². The van der Waals surface area contributed by atoms with Crippen molar-refractivity contribution in [1.82, 2.24) is 10.2 Å². The van der Waals surface area contributed by atoms with E-state index >= 15 is 0 Å². The largest absolute Gasteiger partial charge is 0.484 e. The number of carbonyl (C=O) groups is 1. The van der Waals surface area contributed by atoms with Gasteiger partial charge in [0.15, 0.2) is 6.61 Å². The number of aromatic nitrogens is 2. The van der Waals surface area contributed by atoms with Crippen molar-refractivity contribution in [1.29, 1.82) is 0 Å². The molecule has 3 rings (SSSR count). The van der Waals surface area contributed by atoms with Gasteiger partial charge in [0.1, 0.15) is 5.75 Å². The van der Waals surface area contributed by atoms with E-state index in [9.17, 15) is 4.79 Å². The van der Waals surface area contributed by atoms with Crippen molar-refractivity contribution in [3.05, 3.63) is 64.5 Å². The normalized spacial score (nSPS) is 10.6. The van der Waals surface area contributed by atoms with Crippen LogP contribution in [0.1, 0.15) is 17.0 Å². The van der Waals surface area contributed by atoms with Crippen LogP contribution < -0.4 is 10.1 Å². The average Bonchev–Trinajstić information content (AvgIpc) is 3.11. The summed E-state index contributed by atoms with van der Waals surface area (Å²) >= 11 is 6.98. The highest BCUT2D eigenvalue weighted by molar-refractivity contribution is 7.99. The van der Waals surface area contributed by atoms with Crippen LogP contribution in [0.3, 0.4) is 0 Å². The first-order chi connectivity index (χ1) is 13.0. The van der Waals surface area contributed by atoms with Crippen LogP contribution in [0.25, 0.3) is 0 Å². The number of benzene rings is 2. The zero-order valence-electron chi connectivity index (χ0n) is 14.9. The summed E-state index contributed by atoms with van der Waals surface area (Å²) in [6.07, 6.45) is 0. The van der Waals surface area contributed by atoms with E-state index < -0.39 is 0 Å². The van der Waals surface area contributed by atoms with Gasteiger partial charge in [0.25, 0.3) is 11.1 Å². The van der Waals surface area contributed by atoms with Crippen molar-refractivity contribution in [3.63, 3.8) is 0 Å². The molecule has 0 saturated heterocycles. The summed E-state index contributed by atoms with van der Waals surface area (Å²) in [5, 5.41) is 11.6. The predicted octanol–water partition coefficient (Wildman–Crippen LogP) is 4.65. The minimum absolute atomic E-state index is 0.155. The molecule has 0 atom stereocenters. The Morgan fingerprint density at radius 2 is 1.96 bits per heavy atom. The van der Waals surface area contributed by atoms with Crippen LogP contribution in [0.2, 0.25) is 5.02 Å². The van der Waals surface area contributed by atoms with Gasteiger partial charge in [-0.3, -0.25) is 4.79 Å². The third-order valence-corrected chi connectivity index (χ3v) is 4.67. The number of anilines is 1. The molecule has 2 aromatic carbocycles. The molecule has 3 aromatic rings. The number of aryl methyl sites for hydroxylation is 2. The number of ether oxygens (including phenoxy) is 1. The minimum Gasteiger partial charge on any atom is -0.484 e. The van der Waals surface area contributed by atoms with E-state index in [2.05, 4.69) is 15.5 Å². The van der Waals surface area contributed by atoms with Gasteiger partial charge >= 0.3 is 0 Å². The molecule has 0 aliphatic rings. The van der Waals surface area contributed by atoms with E-state index in [0.29, 0.717) is 21.8 Å². The monoisotopic (exact) mass is 403 g/mol. The molecular formula is C19H18ClN3O3S. The Labute approximate surface area is 166 Å². The Morgan fingerprint density at radius 3 is 2.74 bits per heavy atom. The molecule has 6 nitrogen and oxygen atoms in total. The van der Waals surface area contributed by atoms with Gasteiger partial charge < -0.3 is 14.5 Å². The second-order valence-electron chi connectivity index (χ2n) is 5.86. The molecule has 0 spiro atoms. The van der Waals surface area contributed by atoms with E-state index in [1.807, 2.05) is 32.0 Å². The topological polar surface area (TPSA) is 77.2 Å². The number of hydrogen-bond donors (Lipinski definition) is 1. The molecule has 1 heterocycles. The summed E-state index contributed by atoms with van der Waals surface area (Å²) in [6, 6.07) is 12.9. The van der Waals surface area contributed by atoms with Gasteiger partial charge in [-0.05, 0) is 55.3 Å². The molecule has 27 heavy (non-hydrogen) atoms. The van der Waals surface area contributed by atoms with Gasteiger partial charge in [0.2, 0.25) is 5.91 Å². The molecule has 1 amide bonds. The third-order valence-electron chi connectivity index (χ3n) is 3.60. The van der Waals surface area contributed by atoms with E-state index in [4.69, 9.17) is 20.8 Å². The maximum absolute atomic E-state index is 12.0. The Kier molecular flexibility index (Phi) is 6.36. The Bertz CT molecular complexity index is 928. The fourth-order valence-corrected chi connectivity index (χ4v) is 2.92. The molecule has 140 valence electrons. The number of nitrogens with zero attached hydrogens (tertiary/aromatic N) is 2. The molecule has 8 heteroatoms. The SMILES string of the molecule is Cc1ccc(C)c(OCc2nnc(SCC(=O)Nc3ccc(Cl)cc3)o2)c1. The molecule has 0 aliphatic carbocycles. The zero-order valence-corrected chi connectivity index (χ0v) is 16.4. The molecule has 0 radical (unpaired) electrons. The Balaban J connectivity index is 1.48. The first-order valence-electron chi connectivity index (χ1n) is 8.20. The Hall–Kier alpha value is -2.51. The molecule has 0 aliphatic heterocycles. The second kappa shape index (κ2) is 8.92. The molecular weight excluding hydrogens is 386 g/mol. The minimum atomic E-state index is -0.172. The lowest BCUT2D eigenvalue weighted by Crippen LogP contribution is -2.13. The first-order valence-corrected chi connectivity index (χ1v) is 9.56. The van der Waals surface area contributed by atoms with Crippen molar-refractivity contribution >= 4 is 35.0 Å². The van der Waals surface area contributed by atoms with Crippen molar-refractivity contribution in [2.45, 2.75) is 25.7 Å². The van der Waals surface area contributed by atoms with E-state index in [0.717, 1.165) is 16.9 Å². The number of nitrogens with one attached hydrogen (secondary N) is 1. The van der Waals surface area contributed by atoms with Gasteiger partial charge in [-0.1, -0.05) is 35.5 Å². The van der Waals surface area contributed by atoms with Crippen LogP contribution in [0.4, 0.5) is 5.69 Å². The van der Waals surface area contributed by atoms with Crippen LogP contribution >= 0.6 is 23.4 Å². The van der Waals surface area contributed by atoms with E-state index in [-0.39, 0.29) is 18.3 Å². The summed E-state index contributed by atoms with van der Waals surface area (Å²) in [7, 11) is 0.